The van der Waals surface area contributed by atoms with Gasteiger partial charge in [-0.15, -0.1) is 11.3 Å². The van der Waals surface area contributed by atoms with Crippen molar-refractivity contribution in [2.24, 2.45) is 0 Å². The Kier molecular flexibility index (Phi) is 3.58. The number of aromatic nitrogens is 3. The topological polar surface area (TPSA) is 117 Å². The minimum Gasteiger partial charge on any atom is -0.377 e. The van der Waals surface area contributed by atoms with Gasteiger partial charge in [-0.05, 0) is 19.8 Å². The van der Waals surface area contributed by atoms with Crippen LogP contribution in [0.4, 0.5) is 23.1 Å². The standard InChI is InChI=1S/C17H19N7O2S/c1-8-6-23(12-10(13(25)14(12)26)20-9-2-3-9)4-5-24(8)15-11-16(27-7-19-11)22-17(18)21-15/h7-9,20H,2-6H2,1H3,(H2,18,21,22). The van der Waals surface area contributed by atoms with Crippen molar-refractivity contribution in [2.45, 2.75) is 31.8 Å². The fourth-order valence-corrected chi connectivity index (χ4v) is 4.35. The van der Waals surface area contributed by atoms with E-state index in [2.05, 4.69) is 32.1 Å². The fourth-order valence-electron chi connectivity index (χ4n) is 3.69. The molecule has 140 valence electrons. The van der Waals surface area contributed by atoms with Crippen LogP contribution < -0.4 is 31.7 Å². The third-order valence-corrected chi connectivity index (χ3v) is 5.94. The highest BCUT2D eigenvalue weighted by Gasteiger charge is 2.34. The predicted molar refractivity (Wildman–Crippen MR) is 107 cm³/mol. The molecule has 3 N–H and O–H groups in total. The van der Waals surface area contributed by atoms with Gasteiger partial charge in [-0.25, -0.2) is 9.97 Å². The number of rotatable bonds is 4. The van der Waals surface area contributed by atoms with E-state index in [4.69, 9.17) is 5.73 Å². The largest absolute Gasteiger partial charge is 0.377 e. The zero-order chi connectivity index (χ0) is 18.7. The van der Waals surface area contributed by atoms with Crippen molar-refractivity contribution in [3.05, 3.63) is 26.0 Å². The number of hydrogen-bond acceptors (Lipinski definition) is 10. The quantitative estimate of drug-likeness (QED) is 0.621. The third-order valence-electron chi connectivity index (χ3n) is 5.22. The summed E-state index contributed by atoms with van der Waals surface area (Å²) in [4.78, 5) is 42.1. The Balaban J connectivity index is 1.41. The van der Waals surface area contributed by atoms with Crippen LogP contribution >= 0.6 is 11.3 Å². The summed E-state index contributed by atoms with van der Waals surface area (Å²) >= 11 is 1.43. The molecular weight excluding hydrogens is 366 g/mol. The van der Waals surface area contributed by atoms with Gasteiger partial charge in [0, 0.05) is 31.7 Å². The first-order valence-electron chi connectivity index (χ1n) is 9.01. The number of hydrogen-bond donors (Lipinski definition) is 2. The number of fused-ring (bicyclic) bond motifs is 1. The molecular formula is C17H19N7O2S. The summed E-state index contributed by atoms with van der Waals surface area (Å²) in [7, 11) is 0. The number of nitrogens with zero attached hydrogens (tertiary/aromatic N) is 5. The van der Waals surface area contributed by atoms with Crippen LogP contribution in [0.2, 0.25) is 0 Å². The molecule has 1 aromatic carbocycles. The summed E-state index contributed by atoms with van der Waals surface area (Å²) in [5, 5.41) is 3.21. The van der Waals surface area contributed by atoms with E-state index >= 15 is 0 Å². The number of nitrogen functional groups attached to an aromatic ring is 1. The van der Waals surface area contributed by atoms with E-state index in [1.54, 1.807) is 5.51 Å². The number of nitrogens with one attached hydrogen (secondary N) is 1. The smallest absolute Gasteiger partial charge is 0.253 e. The van der Waals surface area contributed by atoms with Crippen molar-refractivity contribution >= 4 is 44.8 Å². The molecule has 2 aliphatic rings. The first-order chi connectivity index (χ1) is 13.0. The summed E-state index contributed by atoms with van der Waals surface area (Å²) in [6, 6.07) is 0.420. The van der Waals surface area contributed by atoms with Crippen molar-refractivity contribution < 1.29 is 0 Å². The second-order valence-electron chi connectivity index (χ2n) is 7.20. The van der Waals surface area contributed by atoms with Gasteiger partial charge >= 0.3 is 0 Å². The van der Waals surface area contributed by atoms with Crippen LogP contribution in [-0.2, 0) is 0 Å². The lowest BCUT2D eigenvalue weighted by molar-refractivity contribution is 0.546. The Labute approximate surface area is 158 Å². The molecule has 1 aliphatic carbocycles. The lowest BCUT2D eigenvalue weighted by Gasteiger charge is -2.42. The van der Waals surface area contributed by atoms with Gasteiger partial charge < -0.3 is 20.9 Å². The van der Waals surface area contributed by atoms with Crippen molar-refractivity contribution in [1.82, 2.24) is 15.0 Å². The molecule has 1 aliphatic heterocycles. The Morgan fingerprint density at radius 2 is 2.04 bits per heavy atom. The van der Waals surface area contributed by atoms with Crippen molar-refractivity contribution in [3.63, 3.8) is 0 Å². The Morgan fingerprint density at radius 3 is 2.78 bits per heavy atom. The van der Waals surface area contributed by atoms with Gasteiger partial charge in [0.2, 0.25) is 5.95 Å². The lowest BCUT2D eigenvalue weighted by Crippen LogP contribution is -2.56. The molecule has 27 heavy (non-hydrogen) atoms. The Morgan fingerprint density at radius 1 is 1.22 bits per heavy atom. The molecule has 0 spiro atoms. The van der Waals surface area contributed by atoms with E-state index in [0.29, 0.717) is 37.1 Å². The molecule has 0 bridgehead atoms. The second-order valence-corrected chi connectivity index (χ2v) is 8.03. The van der Waals surface area contributed by atoms with Crippen LogP contribution in [-0.4, -0.2) is 46.7 Å². The molecule has 2 aromatic heterocycles. The van der Waals surface area contributed by atoms with E-state index in [1.807, 2.05) is 4.90 Å². The molecule has 1 saturated heterocycles. The molecule has 9 nitrogen and oxygen atoms in total. The first kappa shape index (κ1) is 16.4. The molecule has 3 heterocycles. The molecule has 0 amide bonds. The van der Waals surface area contributed by atoms with Gasteiger partial charge in [-0.1, -0.05) is 0 Å². The maximum atomic E-state index is 12.2. The maximum absolute atomic E-state index is 12.2. The highest BCUT2D eigenvalue weighted by Crippen LogP contribution is 2.32. The van der Waals surface area contributed by atoms with Gasteiger partial charge in [-0.3, -0.25) is 9.59 Å². The zero-order valence-corrected chi connectivity index (χ0v) is 15.6. The second kappa shape index (κ2) is 5.88. The Hall–Kier alpha value is -2.75. The van der Waals surface area contributed by atoms with E-state index in [0.717, 1.165) is 29.0 Å². The van der Waals surface area contributed by atoms with E-state index in [-0.39, 0.29) is 22.8 Å². The van der Waals surface area contributed by atoms with E-state index in [9.17, 15) is 9.59 Å². The lowest BCUT2D eigenvalue weighted by atomic mass is 10.1. The van der Waals surface area contributed by atoms with Crippen LogP contribution in [0.25, 0.3) is 10.3 Å². The monoisotopic (exact) mass is 385 g/mol. The highest BCUT2D eigenvalue weighted by atomic mass is 32.1. The van der Waals surface area contributed by atoms with Crippen LogP contribution in [0.5, 0.6) is 0 Å². The van der Waals surface area contributed by atoms with Gasteiger partial charge in [0.05, 0.1) is 5.51 Å². The predicted octanol–water partition coefficient (Wildman–Crippen LogP) is 0.554. The first-order valence-corrected chi connectivity index (χ1v) is 9.89. The van der Waals surface area contributed by atoms with Crippen LogP contribution in [0.15, 0.2) is 15.1 Å². The number of piperazine rings is 1. The van der Waals surface area contributed by atoms with Crippen molar-refractivity contribution in [3.8, 4) is 0 Å². The fraction of sp³-hybridized carbons (Fsp3) is 0.471. The molecule has 1 saturated carbocycles. The average Bonchev–Trinajstić information content (AvgIpc) is 3.35. The number of nitrogens with two attached hydrogens (primary N) is 1. The van der Waals surface area contributed by atoms with Crippen molar-refractivity contribution in [1.29, 1.82) is 0 Å². The summed E-state index contributed by atoms with van der Waals surface area (Å²) in [5.41, 5.74) is 8.62. The molecule has 1 unspecified atom stereocenters. The molecule has 1 atom stereocenters. The highest BCUT2D eigenvalue weighted by molar-refractivity contribution is 7.16. The Bertz CT molecular complexity index is 1100. The van der Waals surface area contributed by atoms with Gasteiger partial charge in [0.1, 0.15) is 16.9 Å². The summed E-state index contributed by atoms with van der Waals surface area (Å²) in [6.07, 6.45) is 2.11. The molecule has 3 aromatic rings. The molecule has 5 rings (SSSR count). The summed E-state index contributed by atoms with van der Waals surface area (Å²) in [6.45, 7) is 3.98. The van der Waals surface area contributed by atoms with Gasteiger partial charge in [-0.2, -0.15) is 4.98 Å². The minimum absolute atomic E-state index is 0.0797. The van der Waals surface area contributed by atoms with Crippen LogP contribution in [0.3, 0.4) is 0 Å². The van der Waals surface area contributed by atoms with E-state index in [1.165, 1.54) is 11.3 Å². The van der Waals surface area contributed by atoms with Crippen molar-refractivity contribution in [2.75, 3.05) is 40.5 Å². The third kappa shape index (κ3) is 2.62. The summed E-state index contributed by atoms with van der Waals surface area (Å²) in [5.74, 6) is 0.960. The molecule has 2 fully saturated rings. The van der Waals surface area contributed by atoms with Gasteiger partial charge in [0.15, 0.2) is 10.6 Å². The summed E-state index contributed by atoms with van der Waals surface area (Å²) < 4.78 is 0. The van der Waals surface area contributed by atoms with Crippen LogP contribution in [0, 0.1) is 0 Å². The maximum Gasteiger partial charge on any atom is 0.253 e. The average molecular weight is 385 g/mol. The van der Waals surface area contributed by atoms with Crippen LogP contribution in [0.1, 0.15) is 19.8 Å². The zero-order valence-electron chi connectivity index (χ0n) is 14.8. The molecule has 10 heteroatoms. The minimum atomic E-state index is -0.389. The molecule has 0 radical (unpaired) electrons. The van der Waals surface area contributed by atoms with E-state index < -0.39 is 0 Å². The van der Waals surface area contributed by atoms with Gasteiger partial charge in [0.25, 0.3) is 10.9 Å². The normalized spacial score (nSPS) is 20.6. The number of anilines is 4. The SMILES string of the molecule is CC1CN(c2c(NC3CC3)c(=O)c2=O)CCN1c1nc(N)nc2scnc12. The number of thiazole rings is 1.